The van der Waals surface area contributed by atoms with Crippen molar-refractivity contribution in [3.05, 3.63) is 60.2 Å². The molecule has 6 nitrogen and oxygen atoms in total. The Hall–Kier alpha value is -3.02. The average molecular weight is 356 g/mol. The first-order valence-corrected chi connectivity index (χ1v) is 8.33. The van der Waals surface area contributed by atoms with Gasteiger partial charge in [-0.05, 0) is 50.6 Å². The van der Waals surface area contributed by atoms with Gasteiger partial charge in [-0.1, -0.05) is 30.3 Å². The molecule has 0 spiro atoms. The molecule has 0 saturated carbocycles. The molecule has 2 amide bonds. The number of hydrogen-bond acceptors (Lipinski definition) is 4. The van der Waals surface area contributed by atoms with Crippen LogP contribution in [0.4, 0.5) is 10.5 Å². The van der Waals surface area contributed by atoms with Crippen molar-refractivity contribution in [3.8, 4) is 5.75 Å². The highest BCUT2D eigenvalue weighted by molar-refractivity contribution is 5.92. The molecule has 0 unspecified atom stereocenters. The number of hydrogen-bond donors (Lipinski definition) is 2. The number of alkyl carbamates (subject to hydrolysis) is 1. The first kappa shape index (κ1) is 19.3. The molecule has 2 rings (SSSR count). The molecule has 0 heterocycles. The van der Waals surface area contributed by atoms with Gasteiger partial charge < -0.3 is 20.1 Å². The molecule has 0 radical (unpaired) electrons. The number of nitrogens with one attached hydrogen (secondary N) is 2. The Morgan fingerprint density at radius 2 is 1.62 bits per heavy atom. The standard InChI is InChI=1S/C20H24N2O4/c1-20(2,3)22-19(24)26-14-18(23)21-16-9-11-17(12-10-16)25-13-15-7-5-4-6-8-15/h4-12H,13-14H2,1-3H3,(H,21,23)(H,22,24). The minimum Gasteiger partial charge on any atom is -0.489 e. The fourth-order valence-corrected chi connectivity index (χ4v) is 2.05. The Bertz CT molecular complexity index is 722. The van der Waals surface area contributed by atoms with Gasteiger partial charge in [0.15, 0.2) is 6.61 Å². The quantitative estimate of drug-likeness (QED) is 0.827. The molecule has 2 N–H and O–H groups in total. The average Bonchev–Trinajstić information content (AvgIpc) is 2.59. The van der Waals surface area contributed by atoms with Gasteiger partial charge in [-0.3, -0.25) is 4.79 Å². The third kappa shape index (κ3) is 7.25. The number of rotatable bonds is 6. The molecule has 0 aliphatic rings. The second-order valence-electron chi connectivity index (χ2n) is 6.80. The van der Waals surface area contributed by atoms with E-state index in [1.165, 1.54) is 0 Å². The number of carbonyl (C=O) groups is 2. The van der Waals surface area contributed by atoms with E-state index in [2.05, 4.69) is 10.6 Å². The molecule has 0 atom stereocenters. The van der Waals surface area contributed by atoms with E-state index in [0.29, 0.717) is 18.0 Å². The van der Waals surface area contributed by atoms with E-state index in [0.717, 1.165) is 5.56 Å². The number of benzene rings is 2. The second-order valence-corrected chi connectivity index (χ2v) is 6.80. The van der Waals surface area contributed by atoms with Crippen molar-refractivity contribution in [1.82, 2.24) is 5.32 Å². The van der Waals surface area contributed by atoms with Crippen LogP contribution in [0.25, 0.3) is 0 Å². The molecule has 2 aromatic carbocycles. The molecule has 0 aliphatic heterocycles. The lowest BCUT2D eigenvalue weighted by molar-refractivity contribution is -0.119. The zero-order chi connectivity index (χ0) is 19.0. The maximum absolute atomic E-state index is 11.8. The lowest BCUT2D eigenvalue weighted by Crippen LogP contribution is -2.41. The van der Waals surface area contributed by atoms with Crippen LogP contribution < -0.4 is 15.4 Å². The van der Waals surface area contributed by atoms with Crippen molar-refractivity contribution >= 4 is 17.7 Å². The molecule has 138 valence electrons. The van der Waals surface area contributed by atoms with E-state index < -0.39 is 17.5 Å². The molecular formula is C20H24N2O4. The molecule has 0 saturated heterocycles. The highest BCUT2D eigenvalue weighted by Crippen LogP contribution is 2.17. The third-order valence-electron chi connectivity index (χ3n) is 3.20. The van der Waals surface area contributed by atoms with Gasteiger partial charge in [-0.2, -0.15) is 0 Å². The minimum atomic E-state index is -0.627. The second kappa shape index (κ2) is 8.89. The summed E-state index contributed by atoms with van der Waals surface area (Å²) in [5, 5.41) is 5.28. The molecule has 2 aromatic rings. The zero-order valence-corrected chi connectivity index (χ0v) is 15.2. The van der Waals surface area contributed by atoms with Gasteiger partial charge in [0.2, 0.25) is 0 Å². The number of ether oxygens (including phenoxy) is 2. The highest BCUT2D eigenvalue weighted by Gasteiger charge is 2.15. The van der Waals surface area contributed by atoms with Crippen LogP contribution in [0.15, 0.2) is 54.6 Å². The van der Waals surface area contributed by atoms with Gasteiger partial charge in [0, 0.05) is 11.2 Å². The molecular weight excluding hydrogens is 332 g/mol. The monoisotopic (exact) mass is 356 g/mol. The largest absolute Gasteiger partial charge is 0.489 e. The van der Waals surface area contributed by atoms with Crippen molar-refractivity contribution in [1.29, 1.82) is 0 Å². The molecule has 0 aromatic heterocycles. The van der Waals surface area contributed by atoms with Crippen molar-refractivity contribution < 1.29 is 19.1 Å². The Kier molecular flexibility index (Phi) is 6.60. The lowest BCUT2D eigenvalue weighted by atomic mass is 10.1. The topological polar surface area (TPSA) is 76.7 Å². The smallest absolute Gasteiger partial charge is 0.408 e. The Balaban J connectivity index is 1.76. The van der Waals surface area contributed by atoms with Crippen LogP contribution in [0.1, 0.15) is 26.3 Å². The third-order valence-corrected chi connectivity index (χ3v) is 3.20. The molecule has 0 bridgehead atoms. The van der Waals surface area contributed by atoms with E-state index >= 15 is 0 Å². The van der Waals surface area contributed by atoms with Crippen molar-refractivity contribution in [3.63, 3.8) is 0 Å². The van der Waals surface area contributed by atoms with Crippen LogP contribution in [0.3, 0.4) is 0 Å². The fraction of sp³-hybridized carbons (Fsp3) is 0.300. The molecule has 26 heavy (non-hydrogen) atoms. The maximum Gasteiger partial charge on any atom is 0.408 e. The van der Waals surface area contributed by atoms with Gasteiger partial charge >= 0.3 is 6.09 Å². The van der Waals surface area contributed by atoms with E-state index in [1.807, 2.05) is 51.1 Å². The van der Waals surface area contributed by atoms with Crippen LogP contribution in [-0.4, -0.2) is 24.1 Å². The number of amides is 2. The summed E-state index contributed by atoms with van der Waals surface area (Å²) in [4.78, 5) is 23.4. The Labute approximate surface area is 153 Å². The first-order chi connectivity index (χ1) is 12.3. The van der Waals surface area contributed by atoms with Gasteiger partial charge in [0.05, 0.1) is 0 Å². The molecule has 6 heteroatoms. The van der Waals surface area contributed by atoms with Gasteiger partial charge in [-0.15, -0.1) is 0 Å². The fourth-order valence-electron chi connectivity index (χ4n) is 2.05. The molecule has 0 aliphatic carbocycles. The van der Waals surface area contributed by atoms with E-state index in [-0.39, 0.29) is 6.61 Å². The predicted octanol–water partition coefficient (Wildman–Crippen LogP) is 3.73. The normalized spacial score (nSPS) is 10.7. The SMILES string of the molecule is CC(C)(C)NC(=O)OCC(=O)Nc1ccc(OCc2ccccc2)cc1. The minimum absolute atomic E-state index is 0.353. The Morgan fingerprint density at radius 3 is 2.23 bits per heavy atom. The van der Waals surface area contributed by atoms with E-state index in [4.69, 9.17) is 9.47 Å². The van der Waals surface area contributed by atoms with Crippen LogP contribution in [0.2, 0.25) is 0 Å². The Morgan fingerprint density at radius 1 is 0.962 bits per heavy atom. The lowest BCUT2D eigenvalue weighted by Gasteiger charge is -2.19. The van der Waals surface area contributed by atoms with Gasteiger partial charge in [-0.25, -0.2) is 4.79 Å². The van der Waals surface area contributed by atoms with Crippen LogP contribution in [-0.2, 0) is 16.1 Å². The predicted molar refractivity (Wildman–Crippen MR) is 100 cm³/mol. The summed E-state index contributed by atoms with van der Waals surface area (Å²) in [6, 6.07) is 16.9. The summed E-state index contributed by atoms with van der Waals surface area (Å²) in [5.74, 6) is 0.291. The summed E-state index contributed by atoms with van der Waals surface area (Å²) < 4.78 is 10.6. The summed E-state index contributed by atoms with van der Waals surface area (Å²) in [7, 11) is 0. The van der Waals surface area contributed by atoms with Crippen LogP contribution >= 0.6 is 0 Å². The first-order valence-electron chi connectivity index (χ1n) is 8.33. The van der Waals surface area contributed by atoms with Crippen LogP contribution in [0.5, 0.6) is 5.75 Å². The summed E-state index contributed by atoms with van der Waals surface area (Å²) in [6.45, 7) is 5.61. The van der Waals surface area contributed by atoms with Gasteiger partial charge in [0.25, 0.3) is 5.91 Å². The molecule has 0 fully saturated rings. The summed E-state index contributed by atoms with van der Waals surface area (Å²) >= 11 is 0. The number of anilines is 1. The maximum atomic E-state index is 11.8. The highest BCUT2D eigenvalue weighted by atomic mass is 16.6. The summed E-state index contributed by atoms with van der Waals surface area (Å²) in [6.07, 6.45) is -0.627. The van der Waals surface area contributed by atoms with Crippen molar-refractivity contribution in [2.45, 2.75) is 32.9 Å². The zero-order valence-electron chi connectivity index (χ0n) is 15.2. The van der Waals surface area contributed by atoms with Crippen molar-refractivity contribution in [2.24, 2.45) is 0 Å². The van der Waals surface area contributed by atoms with Crippen LogP contribution in [0, 0.1) is 0 Å². The van der Waals surface area contributed by atoms with Gasteiger partial charge in [0.1, 0.15) is 12.4 Å². The van der Waals surface area contributed by atoms with E-state index in [9.17, 15) is 9.59 Å². The number of carbonyl (C=O) groups excluding carboxylic acids is 2. The summed E-state index contributed by atoms with van der Waals surface area (Å²) in [5.41, 5.74) is 1.26. The van der Waals surface area contributed by atoms with Crippen molar-refractivity contribution in [2.75, 3.05) is 11.9 Å². The van der Waals surface area contributed by atoms with E-state index in [1.54, 1.807) is 24.3 Å².